The van der Waals surface area contributed by atoms with Gasteiger partial charge in [0.2, 0.25) is 0 Å². The summed E-state index contributed by atoms with van der Waals surface area (Å²) in [5, 5.41) is 1.33. The van der Waals surface area contributed by atoms with E-state index in [1.807, 2.05) is 0 Å². The van der Waals surface area contributed by atoms with E-state index < -0.39 is 14.5 Å². The summed E-state index contributed by atoms with van der Waals surface area (Å²) in [6.07, 6.45) is 1.71. The highest BCUT2D eigenvalue weighted by molar-refractivity contribution is 6.53. The first-order valence-electron chi connectivity index (χ1n) is 4.73. The number of hydrogen-bond acceptors (Lipinski definition) is 1. The van der Waals surface area contributed by atoms with Crippen molar-refractivity contribution < 1.29 is 3.79 Å². The van der Waals surface area contributed by atoms with Crippen LogP contribution in [0.15, 0.2) is 0 Å². The van der Waals surface area contributed by atoms with E-state index in [0.717, 1.165) is 4.78 Å². The lowest BCUT2D eigenvalue weighted by Gasteiger charge is -2.18. The van der Waals surface area contributed by atoms with Gasteiger partial charge in [-0.15, -0.1) is 0 Å². The lowest BCUT2D eigenvalue weighted by Crippen LogP contribution is -2.25. The predicted octanol–water partition coefficient (Wildman–Crippen LogP) is 3.22. The highest BCUT2D eigenvalue weighted by Gasteiger charge is 2.24. The first-order chi connectivity index (χ1) is 5.07. The van der Waals surface area contributed by atoms with E-state index in [2.05, 4.69) is 34.6 Å². The lowest BCUT2D eigenvalue weighted by atomic mass is 10.5. The van der Waals surface area contributed by atoms with Crippen molar-refractivity contribution >= 4 is 14.5 Å². The molecule has 0 bridgehead atoms. The molecule has 0 N–H and O–H groups in total. The minimum Gasteiger partial charge on any atom is -0.498 e. The summed E-state index contributed by atoms with van der Waals surface area (Å²) in [4.78, 5) is 0. The molecule has 0 aliphatic rings. The maximum Gasteiger partial charge on any atom is 0.463 e. The molecule has 0 fully saturated rings. The van der Waals surface area contributed by atoms with Gasteiger partial charge in [-0.05, 0) is 13.8 Å². The van der Waals surface area contributed by atoms with E-state index in [1.165, 1.54) is 11.7 Å². The number of hydrogen-bond donors (Lipinski definition) is 0. The summed E-state index contributed by atoms with van der Waals surface area (Å²) in [6.45, 7) is 11.1. The third-order valence-corrected chi connectivity index (χ3v) is 5.29. The van der Waals surface area contributed by atoms with E-state index in [1.54, 1.807) is 0 Å². The van der Waals surface area contributed by atoms with Crippen LogP contribution in [-0.4, -0.2) is 20.6 Å². The van der Waals surface area contributed by atoms with Crippen LogP contribution < -0.4 is 0 Å². The topological polar surface area (TPSA) is 9.23 Å². The maximum absolute atomic E-state index is 5.89. The van der Waals surface area contributed by atoms with Gasteiger partial charge in [-0.3, -0.25) is 0 Å². The molecule has 0 aliphatic carbocycles. The SMILES string of the molecule is CC[CH2][Al]([O]C(C)C)[CH](C)C. The van der Waals surface area contributed by atoms with Crippen LogP contribution in [0.1, 0.15) is 41.0 Å². The van der Waals surface area contributed by atoms with Gasteiger partial charge in [0.25, 0.3) is 0 Å². The van der Waals surface area contributed by atoms with Gasteiger partial charge >= 0.3 is 14.5 Å². The third-order valence-electron chi connectivity index (χ3n) is 1.76. The second-order valence-electron chi connectivity index (χ2n) is 3.76. The molecule has 0 heterocycles. The zero-order chi connectivity index (χ0) is 8.85. The van der Waals surface area contributed by atoms with Gasteiger partial charge in [-0.2, -0.15) is 0 Å². The average Bonchev–Trinajstić information content (AvgIpc) is 1.86. The first-order valence-corrected chi connectivity index (χ1v) is 6.68. The van der Waals surface area contributed by atoms with Crippen molar-refractivity contribution in [1.29, 1.82) is 0 Å². The van der Waals surface area contributed by atoms with Crippen molar-refractivity contribution in [3.05, 3.63) is 0 Å². The molecule has 11 heavy (non-hydrogen) atoms. The molecule has 0 spiro atoms. The zero-order valence-electron chi connectivity index (χ0n) is 8.55. The smallest absolute Gasteiger partial charge is 0.463 e. The quantitative estimate of drug-likeness (QED) is 0.578. The fraction of sp³-hybridized carbons (Fsp3) is 1.00. The van der Waals surface area contributed by atoms with Crippen molar-refractivity contribution in [2.45, 2.75) is 57.2 Å². The average molecular weight is 172 g/mol. The minimum atomic E-state index is -0.865. The van der Waals surface area contributed by atoms with E-state index in [-0.39, 0.29) is 0 Å². The van der Waals surface area contributed by atoms with E-state index in [9.17, 15) is 0 Å². The largest absolute Gasteiger partial charge is 0.498 e. The summed E-state index contributed by atoms with van der Waals surface area (Å²) < 4.78 is 6.68. The molecule has 0 unspecified atom stereocenters. The zero-order valence-corrected chi connectivity index (χ0v) is 9.71. The Bertz CT molecular complexity index is 91.6. The van der Waals surface area contributed by atoms with Crippen LogP contribution in [0.3, 0.4) is 0 Å². The second-order valence-corrected chi connectivity index (χ2v) is 7.02. The van der Waals surface area contributed by atoms with Crippen molar-refractivity contribution in [2.75, 3.05) is 0 Å². The lowest BCUT2D eigenvalue weighted by molar-refractivity contribution is 0.237. The van der Waals surface area contributed by atoms with E-state index >= 15 is 0 Å². The molecule has 0 aliphatic heterocycles. The molecule has 0 saturated carbocycles. The summed E-state index contributed by atoms with van der Waals surface area (Å²) in [5.74, 6) is 0. The minimum absolute atomic E-state index is 0.431. The summed E-state index contributed by atoms with van der Waals surface area (Å²) in [5.41, 5.74) is 0. The van der Waals surface area contributed by atoms with Gasteiger partial charge in [-0.1, -0.05) is 37.3 Å². The molecular formula is C9H21AlO. The fourth-order valence-corrected chi connectivity index (χ4v) is 3.58. The van der Waals surface area contributed by atoms with Crippen LogP contribution >= 0.6 is 0 Å². The van der Waals surface area contributed by atoms with E-state index in [0.29, 0.717) is 6.10 Å². The van der Waals surface area contributed by atoms with Gasteiger partial charge in [-0.25, -0.2) is 0 Å². The molecule has 0 atom stereocenters. The molecule has 0 aromatic rings. The third kappa shape index (κ3) is 5.73. The molecule has 0 saturated heterocycles. The first kappa shape index (κ1) is 11.5. The second kappa shape index (κ2) is 6.06. The van der Waals surface area contributed by atoms with Gasteiger partial charge in [0, 0.05) is 6.10 Å². The van der Waals surface area contributed by atoms with E-state index in [4.69, 9.17) is 3.79 Å². The molecule has 0 aromatic carbocycles. The van der Waals surface area contributed by atoms with Gasteiger partial charge in [0.05, 0.1) is 0 Å². The highest BCUT2D eigenvalue weighted by Crippen LogP contribution is 2.16. The van der Waals surface area contributed by atoms with Crippen LogP contribution in [0, 0.1) is 0 Å². The van der Waals surface area contributed by atoms with Crippen molar-refractivity contribution in [1.82, 2.24) is 0 Å². The van der Waals surface area contributed by atoms with Crippen LogP contribution in [0.4, 0.5) is 0 Å². The molecule has 66 valence electrons. The predicted molar refractivity (Wildman–Crippen MR) is 52.2 cm³/mol. The normalized spacial score (nSPS) is 11.2. The van der Waals surface area contributed by atoms with Crippen LogP contribution in [0.5, 0.6) is 0 Å². The Balaban J connectivity index is 3.69. The summed E-state index contributed by atoms with van der Waals surface area (Å²) in [7, 11) is 0. The van der Waals surface area contributed by atoms with Gasteiger partial charge in [0.15, 0.2) is 0 Å². The molecule has 0 radical (unpaired) electrons. The summed E-state index contributed by atoms with van der Waals surface area (Å²) in [6, 6.07) is 0. The molecule has 0 rings (SSSR count). The molecule has 1 nitrogen and oxygen atoms in total. The molecule has 2 heteroatoms. The Hall–Kier alpha value is 0.492. The fourth-order valence-electron chi connectivity index (χ4n) is 1.19. The Morgan fingerprint density at radius 2 is 1.73 bits per heavy atom. The summed E-state index contributed by atoms with van der Waals surface area (Å²) >= 11 is -0.865. The monoisotopic (exact) mass is 172 g/mol. The Kier molecular flexibility index (Phi) is 6.33. The standard InChI is InChI=1S/C3H7O.2C3H7.Al/c1-3(2)4;2*1-3-2;/h3H,1-2H3;3H,1-2H3;1,3H2,2H3;/q-1;;;+1. The molecule has 0 aromatic heterocycles. The van der Waals surface area contributed by atoms with Crippen LogP contribution in [-0.2, 0) is 3.79 Å². The van der Waals surface area contributed by atoms with Crippen molar-refractivity contribution in [3.63, 3.8) is 0 Å². The molecular weight excluding hydrogens is 151 g/mol. The van der Waals surface area contributed by atoms with Crippen LogP contribution in [0.25, 0.3) is 0 Å². The van der Waals surface area contributed by atoms with Crippen molar-refractivity contribution in [3.8, 4) is 0 Å². The van der Waals surface area contributed by atoms with Crippen molar-refractivity contribution in [2.24, 2.45) is 0 Å². The Labute approximate surface area is 75.9 Å². The van der Waals surface area contributed by atoms with Gasteiger partial charge in [0.1, 0.15) is 0 Å². The molecule has 0 amide bonds. The van der Waals surface area contributed by atoms with Crippen LogP contribution in [0.2, 0.25) is 10.1 Å². The highest BCUT2D eigenvalue weighted by atomic mass is 27.2. The van der Waals surface area contributed by atoms with Gasteiger partial charge < -0.3 is 3.79 Å². The Morgan fingerprint density at radius 3 is 2.00 bits per heavy atom. The number of rotatable bonds is 5. The Morgan fingerprint density at radius 1 is 1.18 bits per heavy atom. The maximum atomic E-state index is 5.89.